The largest absolute Gasteiger partial charge is 0.319 e. The minimum atomic E-state index is -3.76. The minimum Gasteiger partial charge on any atom is -0.319 e. The summed E-state index contributed by atoms with van der Waals surface area (Å²) in [5, 5.41) is 0. The average Bonchev–Trinajstić information content (AvgIpc) is 3.19. The van der Waals surface area contributed by atoms with E-state index in [0.29, 0.717) is 11.4 Å². The Balaban J connectivity index is 1.77. The lowest BCUT2D eigenvalue weighted by atomic mass is 10.0. The zero-order valence-corrected chi connectivity index (χ0v) is 18.4. The van der Waals surface area contributed by atoms with E-state index in [1.807, 2.05) is 86.8 Å². The number of rotatable bonds is 3. The van der Waals surface area contributed by atoms with E-state index in [4.69, 9.17) is 0 Å². The molecule has 4 aromatic rings. The summed E-state index contributed by atoms with van der Waals surface area (Å²) in [6, 6.07) is 26.9. The Morgan fingerprint density at radius 2 is 1.58 bits per heavy atom. The fourth-order valence-electron chi connectivity index (χ4n) is 4.34. The van der Waals surface area contributed by atoms with Crippen LogP contribution < -0.4 is 0 Å². The van der Waals surface area contributed by atoms with Gasteiger partial charge in [-0.2, -0.15) is 4.31 Å². The van der Waals surface area contributed by atoms with Crippen molar-refractivity contribution in [1.29, 1.82) is 0 Å². The number of aryl methyl sites for hydroxylation is 2. The number of benzene rings is 3. The van der Waals surface area contributed by atoms with Gasteiger partial charge >= 0.3 is 0 Å². The molecule has 0 saturated carbocycles. The molecule has 5 heteroatoms. The lowest BCUT2D eigenvalue weighted by molar-refractivity contribution is 0.353. The zero-order valence-electron chi connectivity index (χ0n) is 17.6. The first kappa shape index (κ1) is 19.8. The third-order valence-electron chi connectivity index (χ3n) is 5.91. The van der Waals surface area contributed by atoms with Crippen LogP contribution in [0.2, 0.25) is 0 Å². The van der Waals surface area contributed by atoms with Crippen LogP contribution in [0.15, 0.2) is 96.0 Å². The summed E-state index contributed by atoms with van der Waals surface area (Å²) in [5.74, 6) is 0. The van der Waals surface area contributed by atoms with Crippen LogP contribution in [0, 0.1) is 13.8 Å². The van der Waals surface area contributed by atoms with Gasteiger partial charge in [-0.25, -0.2) is 8.42 Å². The molecule has 0 fully saturated rings. The molecule has 3 aromatic carbocycles. The van der Waals surface area contributed by atoms with Crippen molar-refractivity contribution < 1.29 is 8.42 Å². The second-order valence-electron chi connectivity index (χ2n) is 8.11. The quantitative estimate of drug-likeness (QED) is 0.439. The average molecular weight is 429 g/mol. The summed E-state index contributed by atoms with van der Waals surface area (Å²) in [4.78, 5) is 0.321. The standard InChI is InChI=1S/C26H24N2O2S/c1-19-12-14-21(15-13-19)26-25-11-6-16-27(25)24-10-4-3-8-22(24)18-28(26)31(29,30)23-9-5-7-20(2)17-23/h3-17,26H,18H2,1-2H3/t26-/m0/s1. The van der Waals surface area contributed by atoms with Crippen LogP contribution in [0.25, 0.3) is 5.69 Å². The van der Waals surface area contributed by atoms with Crippen LogP contribution in [-0.4, -0.2) is 17.3 Å². The highest BCUT2D eigenvalue weighted by molar-refractivity contribution is 7.89. The van der Waals surface area contributed by atoms with Crippen molar-refractivity contribution in [3.63, 3.8) is 0 Å². The first-order chi connectivity index (χ1) is 14.9. The first-order valence-corrected chi connectivity index (χ1v) is 11.8. The fourth-order valence-corrected chi connectivity index (χ4v) is 6.02. The summed E-state index contributed by atoms with van der Waals surface area (Å²) in [7, 11) is -3.76. The molecule has 1 atom stereocenters. The number of fused-ring (bicyclic) bond motifs is 3. The van der Waals surface area contributed by atoms with Crippen molar-refractivity contribution in [2.24, 2.45) is 0 Å². The summed E-state index contributed by atoms with van der Waals surface area (Å²) in [6.07, 6.45) is 2.01. The molecule has 31 heavy (non-hydrogen) atoms. The molecule has 4 nitrogen and oxygen atoms in total. The third-order valence-corrected chi connectivity index (χ3v) is 7.72. The maximum atomic E-state index is 14.0. The molecule has 1 aliphatic rings. The van der Waals surface area contributed by atoms with E-state index in [0.717, 1.165) is 33.6 Å². The van der Waals surface area contributed by atoms with Crippen LogP contribution in [0.5, 0.6) is 0 Å². The number of aromatic nitrogens is 1. The second-order valence-corrected chi connectivity index (χ2v) is 10.0. The van der Waals surface area contributed by atoms with E-state index in [1.54, 1.807) is 22.5 Å². The van der Waals surface area contributed by atoms with Crippen molar-refractivity contribution in [2.75, 3.05) is 0 Å². The molecule has 5 rings (SSSR count). The van der Waals surface area contributed by atoms with E-state index in [-0.39, 0.29) is 0 Å². The second kappa shape index (κ2) is 7.52. The van der Waals surface area contributed by atoms with E-state index in [1.165, 1.54) is 0 Å². The lowest BCUT2D eigenvalue weighted by Gasteiger charge is -2.30. The van der Waals surface area contributed by atoms with Crippen LogP contribution in [0.3, 0.4) is 0 Å². The van der Waals surface area contributed by atoms with Gasteiger partial charge in [-0.15, -0.1) is 0 Å². The van der Waals surface area contributed by atoms with Crippen LogP contribution in [-0.2, 0) is 16.6 Å². The van der Waals surface area contributed by atoms with E-state index in [2.05, 4.69) is 4.57 Å². The van der Waals surface area contributed by atoms with E-state index >= 15 is 0 Å². The minimum absolute atomic E-state index is 0.298. The van der Waals surface area contributed by atoms with Crippen molar-refractivity contribution in [3.05, 3.63) is 119 Å². The van der Waals surface area contributed by atoms with Gasteiger partial charge in [0.2, 0.25) is 10.0 Å². The maximum Gasteiger partial charge on any atom is 0.244 e. The summed E-state index contributed by atoms with van der Waals surface area (Å²) in [6.45, 7) is 4.25. The molecule has 0 spiro atoms. The zero-order chi connectivity index (χ0) is 21.6. The SMILES string of the molecule is Cc1ccc([C@H]2c3cccn3-c3ccccc3CN2S(=O)(=O)c2cccc(C)c2)cc1. The first-order valence-electron chi connectivity index (χ1n) is 10.4. The molecule has 0 N–H and O–H groups in total. The maximum absolute atomic E-state index is 14.0. The highest BCUT2D eigenvalue weighted by Gasteiger charge is 2.37. The Morgan fingerprint density at radius 1 is 0.806 bits per heavy atom. The molecule has 0 unspecified atom stereocenters. The third kappa shape index (κ3) is 3.40. The molecule has 1 aliphatic heterocycles. The monoisotopic (exact) mass is 428 g/mol. The Kier molecular flexibility index (Phi) is 4.80. The Hall–Kier alpha value is -3.15. The topological polar surface area (TPSA) is 42.3 Å². The van der Waals surface area contributed by atoms with E-state index < -0.39 is 16.1 Å². The van der Waals surface area contributed by atoms with Crippen molar-refractivity contribution in [1.82, 2.24) is 8.87 Å². The molecule has 0 aliphatic carbocycles. The van der Waals surface area contributed by atoms with Crippen molar-refractivity contribution in [2.45, 2.75) is 31.3 Å². The highest BCUT2D eigenvalue weighted by atomic mass is 32.2. The van der Waals surface area contributed by atoms with Crippen molar-refractivity contribution >= 4 is 10.0 Å². The van der Waals surface area contributed by atoms with Crippen LogP contribution in [0.4, 0.5) is 0 Å². The van der Waals surface area contributed by atoms with Gasteiger partial charge in [-0.05, 0) is 60.9 Å². The molecule has 1 aromatic heterocycles. The fraction of sp³-hybridized carbons (Fsp3) is 0.154. The van der Waals surface area contributed by atoms with Gasteiger partial charge in [0.15, 0.2) is 0 Å². The Bertz CT molecular complexity index is 1350. The van der Waals surface area contributed by atoms with Gasteiger partial charge in [-0.1, -0.05) is 60.2 Å². The Labute approximate surface area is 183 Å². The molecule has 2 heterocycles. The van der Waals surface area contributed by atoms with Crippen LogP contribution >= 0.6 is 0 Å². The number of hydrogen-bond acceptors (Lipinski definition) is 2. The molecular formula is C26H24N2O2S. The van der Waals surface area contributed by atoms with Gasteiger partial charge in [-0.3, -0.25) is 0 Å². The number of para-hydroxylation sites is 1. The van der Waals surface area contributed by atoms with E-state index in [9.17, 15) is 8.42 Å². The highest BCUT2D eigenvalue weighted by Crippen LogP contribution is 2.39. The Morgan fingerprint density at radius 3 is 2.35 bits per heavy atom. The summed E-state index contributed by atoms with van der Waals surface area (Å²) in [5.41, 5.74) is 5.95. The summed E-state index contributed by atoms with van der Waals surface area (Å²) >= 11 is 0. The van der Waals surface area contributed by atoms with Gasteiger partial charge in [0.05, 0.1) is 10.9 Å². The summed E-state index contributed by atoms with van der Waals surface area (Å²) < 4.78 is 31.8. The van der Waals surface area contributed by atoms with Crippen LogP contribution in [0.1, 0.15) is 34.0 Å². The van der Waals surface area contributed by atoms with Gasteiger partial charge < -0.3 is 4.57 Å². The van der Waals surface area contributed by atoms with Crippen molar-refractivity contribution in [3.8, 4) is 5.69 Å². The predicted molar refractivity (Wildman–Crippen MR) is 123 cm³/mol. The van der Waals surface area contributed by atoms with Gasteiger partial charge in [0.25, 0.3) is 0 Å². The van der Waals surface area contributed by atoms with Gasteiger partial charge in [0, 0.05) is 24.1 Å². The number of hydrogen-bond donors (Lipinski definition) is 0. The molecule has 156 valence electrons. The predicted octanol–water partition coefficient (Wildman–Crippen LogP) is 5.39. The lowest BCUT2D eigenvalue weighted by Crippen LogP contribution is -2.34. The normalized spacial score (nSPS) is 16.4. The van der Waals surface area contributed by atoms with Gasteiger partial charge in [0.1, 0.15) is 0 Å². The molecule has 0 saturated heterocycles. The molecule has 0 radical (unpaired) electrons. The number of sulfonamides is 1. The smallest absolute Gasteiger partial charge is 0.244 e. The molecular weight excluding hydrogens is 404 g/mol. The molecule has 0 bridgehead atoms. The number of nitrogens with zero attached hydrogens (tertiary/aromatic N) is 2. The molecule has 0 amide bonds.